The molecular formula is C52H34N6S. The number of rotatable bonds is 7. The van der Waals surface area contributed by atoms with Crippen molar-refractivity contribution in [3.63, 3.8) is 0 Å². The number of pyridine rings is 1. The summed E-state index contributed by atoms with van der Waals surface area (Å²) in [6.07, 6.45) is 3.82. The Morgan fingerprint density at radius 3 is 1.51 bits per heavy atom. The Balaban J connectivity index is 1.06. The maximum Gasteiger partial charge on any atom is 0.164 e. The number of allylic oxidation sites excluding steroid dienone is 1. The van der Waals surface area contributed by atoms with Crippen LogP contribution in [0.25, 0.3) is 95.8 Å². The summed E-state index contributed by atoms with van der Waals surface area (Å²) in [7, 11) is 0. The van der Waals surface area contributed by atoms with Gasteiger partial charge in [-0.25, -0.2) is 24.3 Å². The minimum absolute atomic E-state index is 0.336. The van der Waals surface area contributed by atoms with E-state index in [1.807, 2.05) is 84.9 Å². The first-order chi connectivity index (χ1) is 29.1. The first-order valence-corrected chi connectivity index (χ1v) is 19.7. The van der Waals surface area contributed by atoms with Crippen LogP contribution in [0, 0.1) is 5.41 Å². The summed E-state index contributed by atoms with van der Waals surface area (Å²) in [5, 5.41) is 9.87. The van der Waals surface area contributed by atoms with Crippen LogP contribution in [0.15, 0.2) is 192 Å². The summed E-state index contributed by atoms with van der Waals surface area (Å²) in [4.78, 5) is 20.4. The lowest BCUT2D eigenvalue weighted by molar-refractivity contribution is 1.07. The number of aromatic nitrogens is 4. The van der Waals surface area contributed by atoms with E-state index in [1.165, 1.54) is 0 Å². The van der Waals surface area contributed by atoms with Crippen molar-refractivity contribution in [1.29, 1.82) is 5.41 Å². The Morgan fingerprint density at radius 1 is 0.390 bits per heavy atom. The molecule has 7 aromatic carbocycles. The van der Waals surface area contributed by atoms with Crippen LogP contribution in [0.3, 0.4) is 0 Å². The Morgan fingerprint density at radius 2 is 0.864 bits per heavy atom. The first kappa shape index (κ1) is 35.8. The minimum Gasteiger partial charge on any atom is -0.298 e. The van der Waals surface area contributed by atoms with Crippen LogP contribution in [-0.4, -0.2) is 31.4 Å². The largest absolute Gasteiger partial charge is 0.298 e. The lowest BCUT2D eigenvalue weighted by Crippen LogP contribution is -2.18. The number of benzene rings is 7. The van der Waals surface area contributed by atoms with Crippen LogP contribution in [0.1, 0.15) is 11.1 Å². The Bertz CT molecular complexity index is 3050. The average molecular weight is 775 g/mol. The number of thiol groups is 1. The van der Waals surface area contributed by atoms with Crippen molar-refractivity contribution < 1.29 is 0 Å². The molecule has 0 bridgehead atoms. The Hall–Kier alpha value is -7.61. The molecular weight excluding hydrogens is 741 g/mol. The lowest BCUT2D eigenvalue weighted by atomic mass is 9.88. The monoisotopic (exact) mass is 774 g/mol. The third-order valence-electron chi connectivity index (χ3n) is 10.6. The van der Waals surface area contributed by atoms with Gasteiger partial charge in [0.05, 0.1) is 22.6 Å². The van der Waals surface area contributed by atoms with Gasteiger partial charge in [-0.2, -0.15) is 0 Å². The zero-order chi connectivity index (χ0) is 39.7. The molecule has 0 unspecified atom stereocenters. The van der Waals surface area contributed by atoms with Gasteiger partial charge in [-0.15, -0.1) is 0 Å². The van der Waals surface area contributed by atoms with Gasteiger partial charge in [-0.1, -0.05) is 152 Å². The van der Waals surface area contributed by atoms with Gasteiger partial charge in [0.1, 0.15) is 0 Å². The molecule has 0 fully saturated rings. The molecule has 10 rings (SSSR count). The molecule has 0 spiro atoms. The minimum atomic E-state index is 0.336. The van der Waals surface area contributed by atoms with Crippen LogP contribution in [0.4, 0.5) is 0 Å². The predicted molar refractivity (Wildman–Crippen MR) is 245 cm³/mol. The number of hydrogen-bond acceptors (Lipinski definition) is 7. The zero-order valence-corrected chi connectivity index (χ0v) is 32.6. The molecule has 2 aromatic heterocycles. The van der Waals surface area contributed by atoms with Gasteiger partial charge in [0.2, 0.25) is 0 Å². The van der Waals surface area contributed by atoms with Gasteiger partial charge in [-0.05, 0) is 88.7 Å². The molecule has 0 radical (unpaired) electrons. The number of nitrogens with one attached hydrogen (secondary N) is 1. The number of fused-ring (bicyclic) bond motifs is 3. The van der Waals surface area contributed by atoms with Gasteiger partial charge < -0.3 is 0 Å². The SMILES string of the molecule is N=C1C(=NS)C=Cc2c(-c3ccc(-c4cccc(-c5nc(-c6ccccc6)nc(-c6cc(-c7ccccc7)cc(-c7ccccc7)c6)n5)c4)cc3)nc3ccccc3c21. The molecule has 0 atom stereocenters. The van der Waals surface area contributed by atoms with Crippen molar-refractivity contribution in [1.82, 2.24) is 19.9 Å². The Labute approximate surface area is 347 Å². The topological polar surface area (TPSA) is 87.8 Å². The zero-order valence-electron chi connectivity index (χ0n) is 31.7. The van der Waals surface area contributed by atoms with E-state index < -0.39 is 0 Å². The predicted octanol–water partition coefficient (Wildman–Crippen LogP) is 12.8. The average Bonchev–Trinajstić information content (AvgIpc) is 3.32. The quantitative estimate of drug-likeness (QED) is 0.158. The third kappa shape index (κ3) is 6.94. The highest BCUT2D eigenvalue weighted by Gasteiger charge is 2.23. The number of nitrogens with zero attached hydrogens (tertiary/aromatic N) is 5. The molecule has 0 saturated carbocycles. The van der Waals surface area contributed by atoms with Crippen LogP contribution in [0.5, 0.6) is 0 Å². The maximum absolute atomic E-state index is 8.95. The summed E-state index contributed by atoms with van der Waals surface area (Å²) in [6.45, 7) is 0. The molecule has 2 heterocycles. The number of para-hydroxylation sites is 1. The van der Waals surface area contributed by atoms with Gasteiger partial charge >= 0.3 is 0 Å². The fraction of sp³-hybridized carbons (Fsp3) is 0. The van der Waals surface area contributed by atoms with Crippen molar-refractivity contribution in [2.45, 2.75) is 0 Å². The normalized spacial score (nSPS) is 12.8. The van der Waals surface area contributed by atoms with Gasteiger partial charge in [0, 0.05) is 38.8 Å². The fourth-order valence-corrected chi connectivity index (χ4v) is 7.86. The highest BCUT2D eigenvalue weighted by molar-refractivity contribution is 7.79. The lowest BCUT2D eigenvalue weighted by Gasteiger charge is -2.19. The molecule has 0 saturated heterocycles. The molecule has 1 aliphatic carbocycles. The molecule has 1 N–H and O–H groups in total. The van der Waals surface area contributed by atoms with Crippen LogP contribution in [-0.2, 0) is 0 Å². The summed E-state index contributed by atoms with van der Waals surface area (Å²) < 4.78 is 4.05. The second-order valence-electron chi connectivity index (χ2n) is 14.3. The standard InChI is InChI=1S/C52H34N6S/c53-48-46(58-59)28-27-44-47(48)43-21-10-11-22-45(43)54-49(44)36-25-23-35(24-26-36)38-19-12-20-39(29-38)51-55-50(37-17-8-3-9-18-37)56-52(57-51)42-31-40(33-13-4-1-5-14-33)30-41(32-42)34-15-6-2-7-16-34/h1-32,53,59H. The van der Waals surface area contributed by atoms with Gasteiger partial charge in [0.25, 0.3) is 0 Å². The van der Waals surface area contributed by atoms with Crippen LogP contribution < -0.4 is 0 Å². The highest BCUT2D eigenvalue weighted by Crippen LogP contribution is 2.37. The molecule has 6 nitrogen and oxygen atoms in total. The summed E-state index contributed by atoms with van der Waals surface area (Å²) >= 11 is 4.13. The number of hydrogen-bond donors (Lipinski definition) is 2. The molecule has 1 aliphatic rings. The third-order valence-corrected chi connectivity index (χ3v) is 10.9. The molecule has 59 heavy (non-hydrogen) atoms. The van der Waals surface area contributed by atoms with Crippen molar-refractivity contribution in [3.8, 4) is 78.8 Å². The van der Waals surface area contributed by atoms with E-state index in [9.17, 15) is 0 Å². The van der Waals surface area contributed by atoms with E-state index in [4.69, 9.17) is 25.3 Å². The van der Waals surface area contributed by atoms with Crippen molar-refractivity contribution in [2.75, 3.05) is 0 Å². The first-order valence-electron chi connectivity index (χ1n) is 19.3. The Kier molecular flexibility index (Phi) is 9.33. The highest BCUT2D eigenvalue weighted by atomic mass is 32.1. The van der Waals surface area contributed by atoms with E-state index in [1.54, 1.807) is 0 Å². The summed E-state index contributed by atoms with van der Waals surface area (Å²) in [5.41, 5.74) is 14.3. The second-order valence-corrected chi connectivity index (χ2v) is 14.5. The molecule has 0 amide bonds. The van der Waals surface area contributed by atoms with E-state index in [-0.39, 0.29) is 0 Å². The van der Waals surface area contributed by atoms with E-state index in [2.05, 4.69) is 126 Å². The van der Waals surface area contributed by atoms with Gasteiger partial charge in [0.15, 0.2) is 17.5 Å². The molecule has 9 aromatic rings. The van der Waals surface area contributed by atoms with E-state index in [0.717, 1.165) is 83.4 Å². The van der Waals surface area contributed by atoms with E-state index >= 15 is 0 Å². The second kappa shape index (κ2) is 15.4. The van der Waals surface area contributed by atoms with Crippen LogP contribution >= 0.6 is 12.8 Å². The van der Waals surface area contributed by atoms with Crippen LogP contribution in [0.2, 0.25) is 0 Å². The fourth-order valence-electron chi connectivity index (χ4n) is 7.70. The van der Waals surface area contributed by atoms with E-state index in [0.29, 0.717) is 28.9 Å². The van der Waals surface area contributed by atoms with Crippen molar-refractivity contribution in [2.24, 2.45) is 4.40 Å². The van der Waals surface area contributed by atoms with Gasteiger partial charge in [-0.3, -0.25) is 5.41 Å². The maximum atomic E-state index is 8.95. The molecule has 278 valence electrons. The van der Waals surface area contributed by atoms with Crippen molar-refractivity contribution in [3.05, 3.63) is 199 Å². The summed E-state index contributed by atoms with van der Waals surface area (Å²) in [5.74, 6) is 1.79. The smallest absolute Gasteiger partial charge is 0.164 e. The van der Waals surface area contributed by atoms with Crippen molar-refractivity contribution >= 4 is 41.2 Å². The molecule has 0 aliphatic heterocycles. The molecule has 7 heteroatoms. The summed E-state index contributed by atoms with van der Waals surface area (Å²) in [6, 6.07) is 62.2.